The average molecular weight is 229 g/mol. The Morgan fingerprint density at radius 3 is 3.06 bits per heavy atom. The number of hydrogen-bond donors (Lipinski definition) is 2. The quantitative estimate of drug-likeness (QED) is 0.701. The largest absolute Gasteiger partial charge is 0.480 e. The van der Waals surface area contributed by atoms with E-state index in [9.17, 15) is 9.90 Å². The fourth-order valence-electron chi connectivity index (χ4n) is 2.80. The predicted molar refractivity (Wildman–Crippen MR) is 57.2 cm³/mol. The summed E-state index contributed by atoms with van der Waals surface area (Å²) < 4.78 is 5.79. The normalized spacial score (nSPS) is 36.4. The highest BCUT2D eigenvalue weighted by Gasteiger charge is 2.40. The maximum absolute atomic E-state index is 10.7. The molecule has 5 heteroatoms. The van der Waals surface area contributed by atoms with Crippen molar-refractivity contribution in [2.45, 2.75) is 37.4 Å². The minimum absolute atomic E-state index is 0.0706. The van der Waals surface area contributed by atoms with E-state index in [1.54, 1.807) is 0 Å². The minimum atomic E-state index is -0.798. The minimum Gasteiger partial charge on any atom is -0.480 e. The number of carboxylic acid groups (broad SMARTS) is 1. The Kier molecular flexibility index (Phi) is 3.47. The first kappa shape index (κ1) is 11.8. The van der Waals surface area contributed by atoms with E-state index in [4.69, 9.17) is 9.84 Å². The maximum atomic E-state index is 10.7. The summed E-state index contributed by atoms with van der Waals surface area (Å²) in [5.74, 6) is -0.798. The zero-order valence-corrected chi connectivity index (χ0v) is 9.39. The molecule has 2 saturated heterocycles. The number of likely N-dealkylation sites (tertiary alicyclic amines) is 1. The van der Waals surface area contributed by atoms with Crippen molar-refractivity contribution >= 4 is 5.97 Å². The van der Waals surface area contributed by atoms with Gasteiger partial charge in [0.05, 0.1) is 18.2 Å². The SMILES string of the molecule is O=C(O)CN1CCC[C@@]2(C[C@@H](O)CCO2)C1. The summed E-state index contributed by atoms with van der Waals surface area (Å²) >= 11 is 0. The summed E-state index contributed by atoms with van der Waals surface area (Å²) in [6.07, 6.45) is 2.92. The first-order chi connectivity index (χ1) is 7.60. The van der Waals surface area contributed by atoms with Crippen molar-refractivity contribution in [1.82, 2.24) is 4.90 Å². The number of aliphatic hydroxyl groups is 1. The molecule has 0 aliphatic carbocycles. The molecule has 2 aliphatic heterocycles. The molecular formula is C11H19NO4. The van der Waals surface area contributed by atoms with Crippen LogP contribution in [0.25, 0.3) is 0 Å². The highest BCUT2D eigenvalue weighted by molar-refractivity contribution is 5.69. The van der Waals surface area contributed by atoms with Crippen LogP contribution >= 0.6 is 0 Å². The van der Waals surface area contributed by atoms with Crippen LogP contribution in [-0.4, -0.2) is 59.0 Å². The third kappa shape index (κ3) is 2.72. The third-order valence-electron chi connectivity index (χ3n) is 3.44. The van der Waals surface area contributed by atoms with E-state index in [1.807, 2.05) is 4.90 Å². The second kappa shape index (κ2) is 4.69. The van der Waals surface area contributed by atoms with Crippen molar-refractivity contribution in [3.05, 3.63) is 0 Å². The van der Waals surface area contributed by atoms with E-state index in [0.717, 1.165) is 19.4 Å². The fraction of sp³-hybridized carbons (Fsp3) is 0.909. The number of carbonyl (C=O) groups is 1. The Bertz CT molecular complexity index is 267. The smallest absolute Gasteiger partial charge is 0.317 e. The highest BCUT2D eigenvalue weighted by Crippen LogP contribution is 2.33. The Hall–Kier alpha value is -0.650. The molecule has 0 unspecified atom stereocenters. The van der Waals surface area contributed by atoms with E-state index >= 15 is 0 Å². The Labute approximate surface area is 95.0 Å². The lowest BCUT2D eigenvalue weighted by molar-refractivity contribution is -0.154. The van der Waals surface area contributed by atoms with Crippen LogP contribution in [0, 0.1) is 0 Å². The van der Waals surface area contributed by atoms with Crippen molar-refractivity contribution in [3.63, 3.8) is 0 Å². The molecule has 2 aliphatic rings. The lowest BCUT2D eigenvalue weighted by atomic mass is 9.84. The van der Waals surface area contributed by atoms with Gasteiger partial charge in [-0.05, 0) is 25.8 Å². The van der Waals surface area contributed by atoms with Crippen LogP contribution in [0.15, 0.2) is 0 Å². The van der Waals surface area contributed by atoms with Crippen molar-refractivity contribution < 1.29 is 19.7 Å². The van der Waals surface area contributed by atoms with Crippen LogP contribution in [0.5, 0.6) is 0 Å². The first-order valence-corrected chi connectivity index (χ1v) is 5.86. The number of ether oxygens (including phenoxy) is 1. The molecule has 2 rings (SSSR count). The van der Waals surface area contributed by atoms with Gasteiger partial charge in [-0.1, -0.05) is 0 Å². The van der Waals surface area contributed by atoms with Gasteiger partial charge in [0.15, 0.2) is 0 Å². The summed E-state index contributed by atoms with van der Waals surface area (Å²) in [6, 6.07) is 0. The van der Waals surface area contributed by atoms with Gasteiger partial charge in [0, 0.05) is 19.6 Å². The van der Waals surface area contributed by atoms with Gasteiger partial charge in [-0.2, -0.15) is 0 Å². The van der Waals surface area contributed by atoms with E-state index in [2.05, 4.69) is 0 Å². The number of piperidine rings is 1. The molecule has 92 valence electrons. The average Bonchev–Trinajstić information content (AvgIpc) is 2.15. The Morgan fingerprint density at radius 2 is 2.38 bits per heavy atom. The highest BCUT2D eigenvalue weighted by atomic mass is 16.5. The van der Waals surface area contributed by atoms with Crippen molar-refractivity contribution in [1.29, 1.82) is 0 Å². The van der Waals surface area contributed by atoms with Crippen LogP contribution < -0.4 is 0 Å². The van der Waals surface area contributed by atoms with Gasteiger partial charge < -0.3 is 14.9 Å². The molecule has 2 fully saturated rings. The number of nitrogens with zero attached hydrogens (tertiary/aromatic N) is 1. The summed E-state index contributed by atoms with van der Waals surface area (Å²) in [5.41, 5.74) is -0.300. The van der Waals surface area contributed by atoms with Gasteiger partial charge in [0.25, 0.3) is 0 Å². The summed E-state index contributed by atoms with van der Waals surface area (Å²) in [7, 11) is 0. The molecule has 0 aromatic carbocycles. The molecular weight excluding hydrogens is 210 g/mol. The number of carboxylic acids is 1. The van der Waals surface area contributed by atoms with Crippen LogP contribution in [0.4, 0.5) is 0 Å². The van der Waals surface area contributed by atoms with Crippen molar-refractivity contribution in [3.8, 4) is 0 Å². The molecule has 0 radical (unpaired) electrons. The summed E-state index contributed by atoms with van der Waals surface area (Å²) in [5, 5.41) is 18.5. The first-order valence-electron chi connectivity index (χ1n) is 5.86. The molecule has 2 N–H and O–H groups in total. The summed E-state index contributed by atoms with van der Waals surface area (Å²) in [4.78, 5) is 12.6. The van der Waals surface area contributed by atoms with Crippen molar-refractivity contribution in [2.24, 2.45) is 0 Å². The van der Waals surface area contributed by atoms with Crippen molar-refractivity contribution in [2.75, 3.05) is 26.2 Å². The Morgan fingerprint density at radius 1 is 1.56 bits per heavy atom. The van der Waals surface area contributed by atoms with Crippen LogP contribution in [0.1, 0.15) is 25.7 Å². The van der Waals surface area contributed by atoms with E-state index in [1.165, 1.54) is 0 Å². The maximum Gasteiger partial charge on any atom is 0.317 e. The fourth-order valence-corrected chi connectivity index (χ4v) is 2.80. The summed E-state index contributed by atoms with van der Waals surface area (Å²) in [6.45, 7) is 2.10. The van der Waals surface area contributed by atoms with Gasteiger partial charge in [-0.3, -0.25) is 9.69 Å². The number of rotatable bonds is 2. The molecule has 0 aromatic heterocycles. The predicted octanol–water partition coefficient (Wildman–Crippen LogP) is 0.0769. The molecule has 0 amide bonds. The number of aliphatic hydroxyl groups excluding tert-OH is 1. The molecule has 2 heterocycles. The molecule has 0 bridgehead atoms. The van der Waals surface area contributed by atoms with Gasteiger partial charge >= 0.3 is 5.97 Å². The number of hydrogen-bond acceptors (Lipinski definition) is 4. The molecule has 1 spiro atoms. The van der Waals surface area contributed by atoms with Gasteiger partial charge in [-0.25, -0.2) is 0 Å². The van der Waals surface area contributed by atoms with Gasteiger partial charge in [-0.15, -0.1) is 0 Å². The van der Waals surface area contributed by atoms with E-state index in [-0.39, 0.29) is 18.2 Å². The zero-order valence-electron chi connectivity index (χ0n) is 9.39. The molecule has 0 saturated carbocycles. The topological polar surface area (TPSA) is 70.0 Å². The zero-order chi connectivity index (χ0) is 11.6. The second-order valence-electron chi connectivity index (χ2n) is 4.89. The van der Waals surface area contributed by atoms with Crippen LogP contribution in [-0.2, 0) is 9.53 Å². The molecule has 2 atom stereocenters. The molecule has 5 nitrogen and oxygen atoms in total. The van der Waals surface area contributed by atoms with Crippen LogP contribution in [0.2, 0.25) is 0 Å². The van der Waals surface area contributed by atoms with Gasteiger partial charge in [0.2, 0.25) is 0 Å². The van der Waals surface area contributed by atoms with E-state index < -0.39 is 5.97 Å². The molecule has 16 heavy (non-hydrogen) atoms. The van der Waals surface area contributed by atoms with Crippen LogP contribution in [0.3, 0.4) is 0 Å². The van der Waals surface area contributed by atoms with Gasteiger partial charge in [0.1, 0.15) is 0 Å². The van der Waals surface area contributed by atoms with E-state index in [0.29, 0.717) is 26.0 Å². The Balaban J connectivity index is 1.96. The molecule has 0 aromatic rings. The standard InChI is InChI=1S/C11H19NO4/c13-9-2-5-16-11(6-9)3-1-4-12(8-11)7-10(14)15/h9,13H,1-8H2,(H,14,15)/t9-,11+/m0/s1. The lowest BCUT2D eigenvalue weighted by Gasteiger charge is -2.45. The lowest BCUT2D eigenvalue weighted by Crippen LogP contribution is -2.54. The monoisotopic (exact) mass is 229 g/mol. The third-order valence-corrected chi connectivity index (χ3v) is 3.44. The number of aliphatic carboxylic acids is 1. The second-order valence-corrected chi connectivity index (χ2v) is 4.89.